The van der Waals surface area contributed by atoms with Gasteiger partial charge in [-0.25, -0.2) is 0 Å². The van der Waals surface area contributed by atoms with E-state index in [0.717, 1.165) is 5.56 Å². The standard InChI is InChI=1S/C10H10ClNO/c11-7-9(10(12)13)6-8-4-2-1-3-5-8/h1-5,7H,6H2,(H2,12,13)/b9-7+. The number of nitrogens with two attached hydrogens (primary N) is 1. The van der Waals surface area contributed by atoms with Crippen LogP contribution < -0.4 is 5.73 Å². The van der Waals surface area contributed by atoms with Crippen LogP contribution in [0.15, 0.2) is 41.4 Å². The van der Waals surface area contributed by atoms with E-state index < -0.39 is 5.91 Å². The molecule has 1 amide bonds. The van der Waals surface area contributed by atoms with E-state index in [1.807, 2.05) is 30.3 Å². The van der Waals surface area contributed by atoms with Crippen LogP contribution in [-0.4, -0.2) is 5.91 Å². The Bertz CT molecular complexity index is 319. The van der Waals surface area contributed by atoms with Crippen molar-refractivity contribution in [2.45, 2.75) is 6.42 Å². The predicted octanol–water partition coefficient (Wildman–Crippen LogP) is 1.84. The van der Waals surface area contributed by atoms with Crippen LogP contribution in [0.4, 0.5) is 0 Å². The SMILES string of the molecule is NC(=O)/C(=C/Cl)Cc1ccccc1. The Morgan fingerprint density at radius 3 is 2.46 bits per heavy atom. The van der Waals surface area contributed by atoms with Gasteiger partial charge >= 0.3 is 0 Å². The molecule has 0 aliphatic rings. The Labute approximate surface area is 82.0 Å². The summed E-state index contributed by atoms with van der Waals surface area (Å²) in [6, 6.07) is 9.56. The van der Waals surface area contributed by atoms with E-state index in [4.69, 9.17) is 17.3 Å². The molecule has 0 saturated carbocycles. The van der Waals surface area contributed by atoms with Gasteiger partial charge in [0.25, 0.3) is 0 Å². The highest BCUT2D eigenvalue weighted by molar-refractivity contribution is 6.27. The lowest BCUT2D eigenvalue weighted by molar-refractivity contribution is -0.114. The number of hydrogen-bond acceptors (Lipinski definition) is 1. The highest BCUT2D eigenvalue weighted by atomic mass is 35.5. The average molecular weight is 196 g/mol. The van der Waals surface area contributed by atoms with Crippen molar-refractivity contribution in [3.05, 3.63) is 47.0 Å². The molecular weight excluding hydrogens is 186 g/mol. The summed E-state index contributed by atoms with van der Waals surface area (Å²) in [4.78, 5) is 10.8. The topological polar surface area (TPSA) is 43.1 Å². The summed E-state index contributed by atoms with van der Waals surface area (Å²) in [7, 11) is 0. The molecule has 0 radical (unpaired) electrons. The summed E-state index contributed by atoms with van der Waals surface area (Å²) in [6.45, 7) is 0. The van der Waals surface area contributed by atoms with Crippen molar-refractivity contribution in [1.29, 1.82) is 0 Å². The van der Waals surface area contributed by atoms with Gasteiger partial charge in [-0.15, -0.1) is 0 Å². The largest absolute Gasteiger partial charge is 0.366 e. The maximum atomic E-state index is 10.8. The van der Waals surface area contributed by atoms with Crippen molar-refractivity contribution in [2.24, 2.45) is 5.73 Å². The first kappa shape index (κ1) is 9.81. The quantitative estimate of drug-likeness (QED) is 0.735. The lowest BCUT2D eigenvalue weighted by Gasteiger charge is -2.01. The molecule has 0 fully saturated rings. The number of carbonyl (C=O) groups excluding carboxylic acids is 1. The highest BCUT2D eigenvalue weighted by Crippen LogP contribution is 2.08. The third-order valence-electron chi connectivity index (χ3n) is 1.69. The normalized spacial score (nSPS) is 11.3. The van der Waals surface area contributed by atoms with Gasteiger partial charge in [0.2, 0.25) is 5.91 Å². The van der Waals surface area contributed by atoms with Crippen molar-refractivity contribution in [1.82, 2.24) is 0 Å². The van der Waals surface area contributed by atoms with Gasteiger partial charge in [0.1, 0.15) is 0 Å². The zero-order valence-electron chi connectivity index (χ0n) is 7.03. The van der Waals surface area contributed by atoms with E-state index in [2.05, 4.69) is 0 Å². The van der Waals surface area contributed by atoms with Gasteiger partial charge in [-0.05, 0) is 5.56 Å². The summed E-state index contributed by atoms with van der Waals surface area (Å²) >= 11 is 5.45. The molecule has 0 unspecified atom stereocenters. The number of halogens is 1. The zero-order valence-corrected chi connectivity index (χ0v) is 7.79. The van der Waals surface area contributed by atoms with Crippen LogP contribution in [-0.2, 0) is 11.2 Å². The summed E-state index contributed by atoms with van der Waals surface area (Å²) in [5.74, 6) is -0.473. The Morgan fingerprint density at radius 2 is 2.00 bits per heavy atom. The Hall–Kier alpha value is -1.28. The van der Waals surface area contributed by atoms with E-state index in [1.165, 1.54) is 5.54 Å². The minimum Gasteiger partial charge on any atom is -0.366 e. The molecule has 0 aliphatic heterocycles. The van der Waals surface area contributed by atoms with Crippen LogP contribution in [0.2, 0.25) is 0 Å². The number of carbonyl (C=O) groups is 1. The van der Waals surface area contributed by atoms with E-state index in [1.54, 1.807) is 0 Å². The highest BCUT2D eigenvalue weighted by Gasteiger charge is 2.04. The van der Waals surface area contributed by atoms with E-state index in [-0.39, 0.29) is 0 Å². The minimum atomic E-state index is -0.473. The zero-order chi connectivity index (χ0) is 9.68. The lowest BCUT2D eigenvalue weighted by Crippen LogP contribution is -2.15. The Morgan fingerprint density at radius 1 is 1.38 bits per heavy atom. The molecule has 3 heteroatoms. The van der Waals surface area contributed by atoms with Crippen molar-refractivity contribution in [3.8, 4) is 0 Å². The van der Waals surface area contributed by atoms with E-state index in [9.17, 15) is 4.79 Å². The molecule has 0 heterocycles. The summed E-state index contributed by atoms with van der Waals surface area (Å²) in [6.07, 6.45) is 0.486. The van der Waals surface area contributed by atoms with Crippen LogP contribution in [0.3, 0.4) is 0 Å². The molecule has 2 N–H and O–H groups in total. The third kappa shape index (κ3) is 2.92. The van der Waals surface area contributed by atoms with Gasteiger partial charge in [0.15, 0.2) is 0 Å². The van der Waals surface area contributed by atoms with Gasteiger partial charge in [-0.2, -0.15) is 0 Å². The molecule has 0 aromatic heterocycles. The first-order valence-corrected chi connectivity index (χ1v) is 4.30. The molecule has 13 heavy (non-hydrogen) atoms. The number of benzene rings is 1. The molecule has 0 spiro atoms. The second kappa shape index (κ2) is 4.67. The van der Waals surface area contributed by atoms with Crippen LogP contribution in [0.5, 0.6) is 0 Å². The first-order valence-electron chi connectivity index (χ1n) is 3.87. The maximum Gasteiger partial charge on any atom is 0.245 e. The Balaban J connectivity index is 2.74. The molecule has 0 bridgehead atoms. The molecule has 68 valence electrons. The van der Waals surface area contributed by atoms with Crippen molar-refractivity contribution < 1.29 is 4.79 Å². The minimum absolute atomic E-state index is 0.424. The number of amides is 1. The molecule has 0 saturated heterocycles. The number of rotatable bonds is 3. The van der Waals surface area contributed by atoms with Gasteiger partial charge < -0.3 is 5.73 Å². The Kier molecular flexibility index (Phi) is 3.53. The predicted molar refractivity (Wildman–Crippen MR) is 53.3 cm³/mol. The van der Waals surface area contributed by atoms with Gasteiger partial charge in [0.05, 0.1) is 0 Å². The average Bonchev–Trinajstić information content (AvgIpc) is 2.15. The molecule has 1 aromatic rings. The second-order valence-electron chi connectivity index (χ2n) is 2.66. The fourth-order valence-corrected chi connectivity index (χ4v) is 1.18. The smallest absolute Gasteiger partial charge is 0.245 e. The molecule has 2 nitrogen and oxygen atoms in total. The molecule has 0 aliphatic carbocycles. The number of hydrogen-bond donors (Lipinski definition) is 1. The molecular formula is C10H10ClNO. The van der Waals surface area contributed by atoms with Crippen LogP contribution in [0.1, 0.15) is 5.56 Å². The van der Waals surface area contributed by atoms with Crippen molar-refractivity contribution in [3.63, 3.8) is 0 Å². The van der Waals surface area contributed by atoms with Crippen molar-refractivity contribution in [2.75, 3.05) is 0 Å². The second-order valence-corrected chi connectivity index (χ2v) is 2.88. The monoisotopic (exact) mass is 195 g/mol. The maximum absolute atomic E-state index is 10.8. The van der Waals surface area contributed by atoms with Gasteiger partial charge in [0, 0.05) is 17.5 Å². The summed E-state index contributed by atoms with van der Waals surface area (Å²) < 4.78 is 0. The van der Waals surface area contributed by atoms with Crippen LogP contribution in [0, 0.1) is 0 Å². The van der Waals surface area contributed by atoms with Gasteiger partial charge in [-0.1, -0.05) is 41.9 Å². The van der Waals surface area contributed by atoms with E-state index in [0.29, 0.717) is 12.0 Å². The van der Waals surface area contributed by atoms with Gasteiger partial charge in [-0.3, -0.25) is 4.79 Å². The lowest BCUT2D eigenvalue weighted by atomic mass is 10.1. The molecule has 1 rings (SSSR count). The van der Waals surface area contributed by atoms with E-state index >= 15 is 0 Å². The first-order chi connectivity index (χ1) is 6.24. The van der Waals surface area contributed by atoms with Crippen LogP contribution >= 0.6 is 11.6 Å². The summed E-state index contributed by atoms with van der Waals surface area (Å²) in [5, 5.41) is 0. The molecule has 1 aromatic carbocycles. The van der Waals surface area contributed by atoms with Crippen LogP contribution in [0.25, 0.3) is 0 Å². The van der Waals surface area contributed by atoms with Crippen molar-refractivity contribution >= 4 is 17.5 Å². The summed E-state index contributed by atoms with van der Waals surface area (Å²) in [5.41, 5.74) is 7.78. The number of primary amides is 1. The fraction of sp³-hybridized carbons (Fsp3) is 0.100. The fourth-order valence-electron chi connectivity index (χ4n) is 0.995. The molecule has 0 atom stereocenters. The third-order valence-corrected chi connectivity index (χ3v) is 1.95.